The minimum atomic E-state index is -3.35. The molecule has 4 nitrogen and oxygen atoms in total. The van der Waals surface area contributed by atoms with Crippen molar-refractivity contribution in [2.45, 2.75) is 54.9 Å². The molecule has 0 amide bonds. The lowest BCUT2D eigenvalue weighted by molar-refractivity contribution is 0.232. The normalized spacial score (nSPS) is 30.1. The lowest BCUT2D eigenvalue weighted by atomic mass is 10.00. The Bertz CT molecular complexity index is 575. The molecular formula is C13H19BrN2O2S2. The van der Waals surface area contributed by atoms with Crippen LogP contribution in [-0.4, -0.2) is 37.4 Å². The van der Waals surface area contributed by atoms with Crippen LogP contribution in [0.1, 0.15) is 32.6 Å². The van der Waals surface area contributed by atoms with Crippen LogP contribution in [0.15, 0.2) is 20.1 Å². The zero-order chi connectivity index (χ0) is 14.3. The number of hydrogen-bond donors (Lipinski definition) is 1. The molecule has 0 aromatic carbocycles. The summed E-state index contributed by atoms with van der Waals surface area (Å²) in [5, 5.41) is 3.57. The Morgan fingerprint density at radius 2 is 2.00 bits per heavy atom. The maximum Gasteiger partial charge on any atom is 0.252 e. The summed E-state index contributed by atoms with van der Waals surface area (Å²) in [6.07, 6.45) is 4.25. The van der Waals surface area contributed by atoms with E-state index in [-0.39, 0.29) is 6.04 Å². The molecule has 1 aromatic heterocycles. The van der Waals surface area contributed by atoms with Crippen LogP contribution >= 0.6 is 27.3 Å². The fourth-order valence-corrected chi connectivity index (χ4v) is 7.23. The first-order chi connectivity index (χ1) is 9.50. The minimum absolute atomic E-state index is 0.143. The highest BCUT2D eigenvalue weighted by molar-refractivity contribution is 9.11. The summed E-state index contributed by atoms with van der Waals surface area (Å²) < 4.78 is 28.6. The monoisotopic (exact) mass is 378 g/mol. The Labute approximate surface area is 132 Å². The molecule has 1 N–H and O–H groups in total. The lowest BCUT2D eigenvalue weighted by Crippen LogP contribution is -2.49. The van der Waals surface area contributed by atoms with Crippen molar-refractivity contribution in [1.82, 2.24) is 9.62 Å². The quantitative estimate of drug-likeness (QED) is 0.875. The van der Waals surface area contributed by atoms with Gasteiger partial charge in [-0.15, -0.1) is 11.3 Å². The molecule has 2 unspecified atom stereocenters. The highest BCUT2D eigenvalue weighted by Gasteiger charge is 2.40. The molecule has 3 rings (SSSR count). The Morgan fingerprint density at radius 3 is 2.50 bits per heavy atom. The largest absolute Gasteiger partial charge is 0.311 e. The van der Waals surface area contributed by atoms with Gasteiger partial charge in [-0.2, -0.15) is 4.31 Å². The van der Waals surface area contributed by atoms with Gasteiger partial charge in [-0.05, 0) is 53.7 Å². The van der Waals surface area contributed by atoms with E-state index >= 15 is 0 Å². The van der Waals surface area contributed by atoms with E-state index in [1.165, 1.54) is 24.2 Å². The van der Waals surface area contributed by atoms with Crippen molar-refractivity contribution in [3.8, 4) is 0 Å². The minimum Gasteiger partial charge on any atom is -0.311 e. The van der Waals surface area contributed by atoms with E-state index in [9.17, 15) is 8.42 Å². The fourth-order valence-electron chi connectivity index (χ4n) is 3.44. The molecule has 2 aliphatic heterocycles. The van der Waals surface area contributed by atoms with Gasteiger partial charge in [0.05, 0.1) is 3.79 Å². The maximum atomic E-state index is 12.8. The highest BCUT2D eigenvalue weighted by atomic mass is 79.9. The van der Waals surface area contributed by atoms with Crippen LogP contribution in [0.25, 0.3) is 0 Å². The van der Waals surface area contributed by atoms with Crippen LogP contribution in [0.3, 0.4) is 0 Å². The lowest BCUT2D eigenvalue weighted by Gasteiger charge is -2.36. The summed E-state index contributed by atoms with van der Waals surface area (Å²) in [5.41, 5.74) is 0. The predicted molar refractivity (Wildman–Crippen MR) is 84.6 cm³/mol. The molecule has 0 aliphatic carbocycles. The van der Waals surface area contributed by atoms with Crippen LogP contribution in [0.2, 0.25) is 0 Å². The summed E-state index contributed by atoms with van der Waals surface area (Å²) >= 11 is 4.64. The van der Waals surface area contributed by atoms with Gasteiger partial charge >= 0.3 is 0 Å². The van der Waals surface area contributed by atoms with Crippen molar-refractivity contribution in [2.24, 2.45) is 0 Å². The average molecular weight is 379 g/mol. The Kier molecular flexibility index (Phi) is 4.25. The van der Waals surface area contributed by atoms with Gasteiger partial charge < -0.3 is 5.32 Å². The summed E-state index contributed by atoms with van der Waals surface area (Å²) in [6, 6.07) is 4.64. The number of thiophene rings is 1. The van der Waals surface area contributed by atoms with Crippen molar-refractivity contribution in [3.63, 3.8) is 0 Å². The number of nitrogens with one attached hydrogen (secondary N) is 1. The number of hydrogen-bond acceptors (Lipinski definition) is 4. The molecule has 0 radical (unpaired) electrons. The summed E-state index contributed by atoms with van der Waals surface area (Å²) in [7, 11) is -3.35. The number of nitrogens with zero attached hydrogens (tertiary/aromatic N) is 1. The SMILES string of the molecule is CCN(C1CC2CCC(C1)N2)S(=O)(=O)c1ccc(Br)s1. The fraction of sp³-hybridized carbons (Fsp3) is 0.692. The van der Waals surface area contributed by atoms with Crippen LogP contribution in [-0.2, 0) is 10.0 Å². The van der Waals surface area contributed by atoms with E-state index in [1.54, 1.807) is 16.4 Å². The third kappa shape index (κ3) is 2.70. The second-order valence-corrected chi connectivity index (χ2v) is 10.1. The topological polar surface area (TPSA) is 49.4 Å². The number of fused-ring (bicyclic) bond motifs is 2. The van der Waals surface area contributed by atoms with E-state index in [1.807, 2.05) is 6.92 Å². The summed E-state index contributed by atoms with van der Waals surface area (Å²) in [4.78, 5) is 0. The van der Waals surface area contributed by atoms with E-state index in [4.69, 9.17) is 0 Å². The van der Waals surface area contributed by atoms with E-state index in [2.05, 4.69) is 21.2 Å². The second-order valence-electron chi connectivity index (χ2n) is 5.53. The first-order valence-corrected chi connectivity index (χ1v) is 10.1. The molecule has 2 fully saturated rings. The highest BCUT2D eigenvalue weighted by Crippen LogP contribution is 2.34. The third-order valence-electron chi connectivity index (χ3n) is 4.28. The second kappa shape index (κ2) is 5.68. The zero-order valence-electron chi connectivity index (χ0n) is 11.4. The van der Waals surface area contributed by atoms with Crippen LogP contribution in [0, 0.1) is 0 Å². The van der Waals surface area contributed by atoms with Gasteiger partial charge in [0, 0.05) is 24.7 Å². The van der Waals surface area contributed by atoms with Crippen molar-refractivity contribution >= 4 is 37.3 Å². The molecule has 0 spiro atoms. The van der Waals surface area contributed by atoms with Gasteiger partial charge in [0.15, 0.2) is 0 Å². The van der Waals surface area contributed by atoms with Crippen molar-refractivity contribution in [1.29, 1.82) is 0 Å². The molecule has 2 bridgehead atoms. The third-order valence-corrected chi connectivity index (χ3v) is 8.40. The Balaban J connectivity index is 1.86. The molecule has 2 aliphatic rings. The smallest absolute Gasteiger partial charge is 0.252 e. The Hall–Kier alpha value is 0.0500. The van der Waals surface area contributed by atoms with E-state index in [0.29, 0.717) is 22.8 Å². The van der Waals surface area contributed by atoms with Crippen LogP contribution in [0.4, 0.5) is 0 Å². The summed E-state index contributed by atoms with van der Waals surface area (Å²) in [5.74, 6) is 0. The van der Waals surface area contributed by atoms with Crippen molar-refractivity contribution in [3.05, 3.63) is 15.9 Å². The predicted octanol–water partition coefficient (Wildman–Crippen LogP) is 2.80. The number of halogens is 1. The Morgan fingerprint density at radius 1 is 1.35 bits per heavy atom. The number of sulfonamides is 1. The molecule has 20 heavy (non-hydrogen) atoms. The number of rotatable bonds is 4. The van der Waals surface area contributed by atoms with Crippen LogP contribution < -0.4 is 5.32 Å². The van der Waals surface area contributed by atoms with Crippen molar-refractivity contribution < 1.29 is 8.42 Å². The zero-order valence-corrected chi connectivity index (χ0v) is 14.6. The summed E-state index contributed by atoms with van der Waals surface area (Å²) in [6.45, 7) is 2.48. The standard InChI is InChI=1S/C13H19BrN2O2S2/c1-2-16(11-7-9-3-4-10(8-11)15-9)20(17,18)13-6-5-12(14)19-13/h5-6,9-11,15H,2-4,7-8H2,1H3. The molecule has 0 saturated carbocycles. The molecule has 7 heteroatoms. The van der Waals surface area contributed by atoms with Gasteiger partial charge in [0.25, 0.3) is 10.0 Å². The van der Waals surface area contributed by atoms with Gasteiger partial charge in [0.2, 0.25) is 0 Å². The maximum absolute atomic E-state index is 12.8. The van der Waals surface area contributed by atoms with Gasteiger partial charge in [-0.3, -0.25) is 0 Å². The molecular weight excluding hydrogens is 360 g/mol. The van der Waals surface area contributed by atoms with Gasteiger partial charge in [0.1, 0.15) is 4.21 Å². The van der Waals surface area contributed by atoms with Crippen molar-refractivity contribution in [2.75, 3.05) is 6.54 Å². The number of piperidine rings is 1. The average Bonchev–Trinajstić information content (AvgIpc) is 2.97. The first-order valence-electron chi connectivity index (χ1n) is 7.04. The van der Waals surface area contributed by atoms with E-state index < -0.39 is 10.0 Å². The molecule has 1 aromatic rings. The molecule has 3 heterocycles. The molecule has 112 valence electrons. The molecule has 2 saturated heterocycles. The molecule has 2 atom stereocenters. The van der Waals surface area contributed by atoms with Gasteiger partial charge in [-0.25, -0.2) is 8.42 Å². The first kappa shape index (κ1) is 15.0. The van der Waals surface area contributed by atoms with E-state index in [0.717, 1.165) is 16.6 Å². The van der Waals surface area contributed by atoms with Gasteiger partial charge in [-0.1, -0.05) is 6.92 Å². The van der Waals surface area contributed by atoms with Crippen LogP contribution in [0.5, 0.6) is 0 Å².